The van der Waals surface area contributed by atoms with Gasteiger partial charge in [-0.2, -0.15) is 0 Å². The minimum absolute atomic E-state index is 0.0876. The molecule has 1 N–H and O–H groups in total. The maximum absolute atomic E-state index is 11.5. The molecule has 1 aliphatic rings. The molecule has 1 aliphatic heterocycles. The summed E-state index contributed by atoms with van der Waals surface area (Å²) in [5, 5.41) is 0.130. The fourth-order valence-electron chi connectivity index (χ4n) is 1.81. The molecule has 88 valence electrons. The molecule has 2 unspecified atom stereocenters. The first-order valence-electron chi connectivity index (χ1n) is 5.22. The number of hydrogen-bond donors (Lipinski definition) is 1. The van der Waals surface area contributed by atoms with Crippen LogP contribution in [0.2, 0.25) is 0 Å². The van der Waals surface area contributed by atoms with Crippen molar-refractivity contribution < 1.29 is 0 Å². The van der Waals surface area contributed by atoms with E-state index in [1.165, 1.54) is 6.33 Å². The molecule has 0 radical (unpaired) electrons. The van der Waals surface area contributed by atoms with Gasteiger partial charge in [-0.05, 0) is 34.9 Å². The van der Waals surface area contributed by atoms with Crippen molar-refractivity contribution in [3.63, 3.8) is 0 Å². The number of aromatic amines is 1. The van der Waals surface area contributed by atoms with Gasteiger partial charge >= 0.3 is 0 Å². The van der Waals surface area contributed by atoms with E-state index in [4.69, 9.17) is 11.6 Å². The molecule has 2 atom stereocenters. The molecule has 0 aliphatic carbocycles. The molecule has 1 fully saturated rings. The Hall–Kier alpha value is -0.300. The maximum atomic E-state index is 11.5. The third-order valence-corrected chi connectivity index (χ3v) is 4.48. The fourth-order valence-corrected chi connectivity index (χ4v) is 2.74. The van der Waals surface area contributed by atoms with E-state index in [0.717, 1.165) is 25.3 Å². The van der Waals surface area contributed by atoms with E-state index in [0.29, 0.717) is 9.49 Å². The highest BCUT2D eigenvalue weighted by molar-refractivity contribution is 14.1. The van der Waals surface area contributed by atoms with Crippen molar-refractivity contribution in [3.05, 3.63) is 20.3 Å². The Morgan fingerprint density at radius 1 is 1.69 bits per heavy atom. The molecular weight excluding hydrogens is 340 g/mol. The molecule has 1 aromatic heterocycles. The summed E-state index contributed by atoms with van der Waals surface area (Å²) in [6.45, 7) is 3.83. The fraction of sp³-hybridized carbons (Fsp3) is 0.600. The predicted molar refractivity (Wildman–Crippen MR) is 73.2 cm³/mol. The topological polar surface area (TPSA) is 49.0 Å². The second-order valence-corrected chi connectivity index (χ2v) is 5.74. The average Bonchev–Trinajstić information content (AvgIpc) is 2.26. The summed E-state index contributed by atoms with van der Waals surface area (Å²) in [4.78, 5) is 20.3. The van der Waals surface area contributed by atoms with Crippen molar-refractivity contribution in [3.8, 4) is 0 Å². The standard InChI is InChI=1S/C10H13ClIN3O/c1-6-2-3-15(4-7(6)11)9-8(12)10(16)14-5-13-9/h5-7H,2-4H2,1H3,(H,13,14,16). The van der Waals surface area contributed by atoms with Gasteiger partial charge in [-0.15, -0.1) is 11.6 Å². The van der Waals surface area contributed by atoms with Crippen LogP contribution in [0, 0.1) is 9.49 Å². The van der Waals surface area contributed by atoms with Gasteiger partial charge in [0, 0.05) is 13.1 Å². The van der Waals surface area contributed by atoms with Gasteiger partial charge in [-0.25, -0.2) is 4.98 Å². The van der Waals surface area contributed by atoms with Gasteiger partial charge in [-0.1, -0.05) is 6.92 Å². The van der Waals surface area contributed by atoms with Gasteiger partial charge in [0.2, 0.25) is 0 Å². The molecule has 0 amide bonds. The number of nitrogens with zero attached hydrogens (tertiary/aromatic N) is 2. The molecule has 16 heavy (non-hydrogen) atoms. The van der Waals surface area contributed by atoms with E-state index in [1.54, 1.807) is 0 Å². The lowest BCUT2D eigenvalue weighted by molar-refractivity contribution is 0.443. The maximum Gasteiger partial charge on any atom is 0.266 e. The van der Waals surface area contributed by atoms with Crippen molar-refractivity contribution in [1.29, 1.82) is 0 Å². The first kappa shape index (κ1) is 12.2. The minimum atomic E-state index is -0.0876. The number of hydrogen-bond acceptors (Lipinski definition) is 3. The van der Waals surface area contributed by atoms with Crippen LogP contribution < -0.4 is 10.5 Å². The van der Waals surface area contributed by atoms with Crippen LogP contribution in [0.1, 0.15) is 13.3 Å². The van der Waals surface area contributed by atoms with Crippen molar-refractivity contribution in [2.24, 2.45) is 5.92 Å². The number of halogens is 2. The Morgan fingerprint density at radius 2 is 2.44 bits per heavy atom. The number of alkyl halides is 1. The molecular formula is C10H13ClIN3O. The number of piperidine rings is 1. The van der Waals surface area contributed by atoms with Gasteiger partial charge in [0.1, 0.15) is 9.39 Å². The lowest BCUT2D eigenvalue weighted by Crippen LogP contribution is -2.41. The molecule has 4 nitrogen and oxygen atoms in total. The van der Waals surface area contributed by atoms with Gasteiger partial charge in [0.05, 0.1) is 11.7 Å². The largest absolute Gasteiger partial charge is 0.354 e. The Kier molecular flexibility index (Phi) is 3.73. The van der Waals surface area contributed by atoms with Gasteiger partial charge in [0.25, 0.3) is 5.56 Å². The molecule has 1 saturated heterocycles. The number of anilines is 1. The molecule has 0 aromatic carbocycles. The van der Waals surface area contributed by atoms with E-state index in [2.05, 4.69) is 21.8 Å². The molecule has 0 bridgehead atoms. The highest BCUT2D eigenvalue weighted by Crippen LogP contribution is 2.26. The van der Waals surface area contributed by atoms with Gasteiger partial charge in [0.15, 0.2) is 0 Å². The Bertz CT molecular complexity index is 436. The zero-order valence-corrected chi connectivity index (χ0v) is 11.8. The van der Waals surface area contributed by atoms with Crippen LogP contribution in [0.3, 0.4) is 0 Å². The number of nitrogens with one attached hydrogen (secondary N) is 1. The van der Waals surface area contributed by atoms with Crippen LogP contribution >= 0.6 is 34.2 Å². The molecule has 2 heterocycles. The van der Waals surface area contributed by atoms with Crippen LogP contribution in [-0.2, 0) is 0 Å². The first-order valence-corrected chi connectivity index (χ1v) is 6.73. The van der Waals surface area contributed by atoms with Crippen LogP contribution in [0.25, 0.3) is 0 Å². The van der Waals surface area contributed by atoms with E-state index in [9.17, 15) is 4.79 Å². The van der Waals surface area contributed by atoms with Crippen LogP contribution in [-0.4, -0.2) is 28.4 Å². The quantitative estimate of drug-likeness (QED) is 0.619. The average molecular weight is 354 g/mol. The SMILES string of the molecule is CC1CCN(c2nc[nH]c(=O)c2I)CC1Cl. The van der Waals surface area contributed by atoms with Crippen molar-refractivity contribution in [2.75, 3.05) is 18.0 Å². The summed E-state index contributed by atoms with van der Waals surface area (Å²) >= 11 is 8.27. The second kappa shape index (κ2) is 4.91. The summed E-state index contributed by atoms with van der Waals surface area (Å²) in [5.74, 6) is 1.28. The highest BCUT2D eigenvalue weighted by atomic mass is 127. The monoisotopic (exact) mass is 353 g/mol. The zero-order valence-electron chi connectivity index (χ0n) is 8.91. The molecule has 2 rings (SSSR count). The summed E-state index contributed by atoms with van der Waals surface area (Å²) in [7, 11) is 0. The normalized spacial score (nSPS) is 25.8. The lowest BCUT2D eigenvalue weighted by atomic mass is 9.99. The smallest absolute Gasteiger partial charge is 0.266 e. The Morgan fingerprint density at radius 3 is 3.12 bits per heavy atom. The molecule has 6 heteroatoms. The molecule has 1 aromatic rings. The van der Waals surface area contributed by atoms with E-state index in [1.807, 2.05) is 22.6 Å². The van der Waals surface area contributed by atoms with Gasteiger partial charge in [-0.3, -0.25) is 4.79 Å². The summed E-state index contributed by atoms with van der Waals surface area (Å²) in [6, 6.07) is 0. The lowest BCUT2D eigenvalue weighted by Gasteiger charge is -2.34. The summed E-state index contributed by atoms with van der Waals surface area (Å²) in [6.07, 6.45) is 2.49. The van der Waals surface area contributed by atoms with Crippen molar-refractivity contribution in [2.45, 2.75) is 18.7 Å². The minimum Gasteiger partial charge on any atom is -0.354 e. The van der Waals surface area contributed by atoms with Crippen LogP contribution in [0.15, 0.2) is 11.1 Å². The van der Waals surface area contributed by atoms with E-state index >= 15 is 0 Å². The third-order valence-electron chi connectivity index (χ3n) is 2.94. The van der Waals surface area contributed by atoms with Crippen LogP contribution in [0.5, 0.6) is 0 Å². The van der Waals surface area contributed by atoms with Crippen molar-refractivity contribution in [1.82, 2.24) is 9.97 Å². The highest BCUT2D eigenvalue weighted by Gasteiger charge is 2.26. The predicted octanol–water partition coefficient (Wildman–Crippen LogP) is 1.83. The van der Waals surface area contributed by atoms with E-state index in [-0.39, 0.29) is 10.9 Å². The Balaban J connectivity index is 2.25. The van der Waals surface area contributed by atoms with Gasteiger partial charge < -0.3 is 9.88 Å². The first-order chi connectivity index (χ1) is 7.59. The third kappa shape index (κ3) is 2.34. The second-order valence-electron chi connectivity index (χ2n) is 4.10. The van der Waals surface area contributed by atoms with E-state index < -0.39 is 0 Å². The van der Waals surface area contributed by atoms with Crippen molar-refractivity contribution >= 4 is 40.0 Å². The summed E-state index contributed by atoms with van der Waals surface area (Å²) in [5.41, 5.74) is -0.0876. The number of rotatable bonds is 1. The number of aromatic nitrogens is 2. The number of H-pyrrole nitrogens is 1. The zero-order chi connectivity index (χ0) is 11.7. The summed E-state index contributed by atoms with van der Waals surface area (Å²) < 4.78 is 0.638. The molecule has 0 saturated carbocycles. The van der Waals surface area contributed by atoms with Crippen LogP contribution in [0.4, 0.5) is 5.82 Å². The Labute approximate surface area is 113 Å². The molecule has 0 spiro atoms.